The van der Waals surface area contributed by atoms with E-state index < -0.39 is 0 Å². The number of hydrogen-bond acceptors (Lipinski definition) is 2. The van der Waals surface area contributed by atoms with E-state index >= 15 is 0 Å². The summed E-state index contributed by atoms with van der Waals surface area (Å²) in [6.45, 7) is 8.18. The van der Waals surface area contributed by atoms with E-state index in [2.05, 4.69) is 51.1 Å². The number of fused-ring (bicyclic) bond motifs is 1. The number of benzene rings is 2. The smallest absolute Gasteiger partial charge is 0.127 e. The standard InChI is InChI=1S/C25H37ClO2/c1-4-6-11-21(5-2)19-28-24-14-15-25(27-17-10-8-7-9-16-26)23-18-20(3)12-13-22(23)24/h12-15,18,21H,4-11,16-17,19H2,1-3H3. The molecule has 2 aromatic rings. The van der Waals surface area contributed by atoms with Crippen molar-refractivity contribution >= 4 is 22.4 Å². The molecule has 156 valence electrons. The zero-order chi connectivity index (χ0) is 20.2. The second-order valence-electron chi connectivity index (χ2n) is 7.79. The highest BCUT2D eigenvalue weighted by atomic mass is 35.5. The topological polar surface area (TPSA) is 18.5 Å². The number of alkyl halides is 1. The van der Waals surface area contributed by atoms with Gasteiger partial charge in [-0.2, -0.15) is 0 Å². The van der Waals surface area contributed by atoms with E-state index in [0.29, 0.717) is 5.92 Å². The van der Waals surface area contributed by atoms with Crippen molar-refractivity contribution in [3.05, 3.63) is 35.9 Å². The van der Waals surface area contributed by atoms with Crippen LogP contribution in [-0.2, 0) is 0 Å². The van der Waals surface area contributed by atoms with Gasteiger partial charge < -0.3 is 9.47 Å². The van der Waals surface area contributed by atoms with Gasteiger partial charge in [-0.05, 0) is 50.3 Å². The summed E-state index contributed by atoms with van der Waals surface area (Å²) in [6, 6.07) is 10.7. The number of aryl methyl sites for hydroxylation is 1. The van der Waals surface area contributed by atoms with Gasteiger partial charge in [-0.15, -0.1) is 11.6 Å². The van der Waals surface area contributed by atoms with Crippen molar-refractivity contribution in [3.63, 3.8) is 0 Å². The zero-order valence-corrected chi connectivity index (χ0v) is 18.7. The number of hydrogen-bond donors (Lipinski definition) is 0. The van der Waals surface area contributed by atoms with Crippen LogP contribution >= 0.6 is 11.6 Å². The lowest BCUT2D eigenvalue weighted by atomic mass is 10.0. The van der Waals surface area contributed by atoms with Gasteiger partial charge in [-0.25, -0.2) is 0 Å². The van der Waals surface area contributed by atoms with Gasteiger partial charge in [0.2, 0.25) is 0 Å². The fourth-order valence-corrected chi connectivity index (χ4v) is 3.69. The minimum Gasteiger partial charge on any atom is -0.493 e. The SMILES string of the molecule is CCCCC(CC)COc1ccc(OCCCCCCCl)c2cc(C)ccc12. The fourth-order valence-electron chi connectivity index (χ4n) is 3.50. The Kier molecular flexibility index (Phi) is 10.6. The van der Waals surface area contributed by atoms with E-state index in [0.717, 1.165) is 54.2 Å². The van der Waals surface area contributed by atoms with Crippen molar-refractivity contribution in [1.82, 2.24) is 0 Å². The summed E-state index contributed by atoms with van der Waals surface area (Å²) >= 11 is 5.74. The molecular formula is C25H37ClO2. The summed E-state index contributed by atoms with van der Waals surface area (Å²) in [4.78, 5) is 0. The molecule has 0 amide bonds. The number of unbranched alkanes of at least 4 members (excludes halogenated alkanes) is 4. The summed E-state index contributed by atoms with van der Waals surface area (Å²) < 4.78 is 12.4. The molecule has 0 spiro atoms. The number of ether oxygens (including phenoxy) is 2. The Morgan fingerprint density at radius 3 is 2.32 bits per heavy atom. The first-order valence-electron chi connectivity index (χ1n) is 11.0. The molecule has 3 heteroatoms. The Bertz CT molecular complexity index is 698. The lowest BCUT2D eigenvalue weighted by molar-refractivity contribution is 0.235. The Hall–Kier alpha value is -1.41. The predicted molar refractivity (Wildman–Crippen MR) is 122 cm³/mol. The lowest BCUT2D eigenvalue weighted by Gasteiger charge is -2.18. The van der Waals surface area contributed by atoms with Gasteiger partial charge in [0.1, 0.15) is 11.5 Å². The van der Waals surface area contributed by atoms with Crippen LogP contribution in [-0.4, -0.2) is 19.1 Å². The van der Waals surface area contributed by atoms with Crippen LogP contribution in [0.5, 0.6) is 11.5 Å². The molecule has 0 aliphatic heterocycles. The second-order valence-corrected chi connectivity index (χ2v) is 8.17. The molecule has 0 radical (unpaired) electrons. The van der Waals surface area contributed by atoms with Crippen molar-refractivity contribution in [1.29, 1.82) is 0 Å². The van der Waals surface area contributed by atoms with Gasteiger partial charge in [0.25, 0.3) is 0 Å². The van der Waals surface area contributed by atoms with Crippen molar-refractivity contribution in [2.24, 2.45) is 5.92 Å². The minimum atomic E-state index is 0.629. The third kappa shape index (κ3) is 7.20. The maximum absolute atomic E-state index is 6.27. The molecule has 0 aromatic heterocycles. The van der Waals surface area contributed by atoms with Crippen LogP contribution in [0.1, 0.15) is 70.8 Å². The summed E-state index contributed by atoms with van der Waals surface area (Å²) in [6.07, 6.45) is 9.44. The molecule has 0 aliphatic rings. The predicted octanol–water partition coefficient (Wildman–Crippen LogP) is 7.92. The lowest BCUT2D eigenvalue weighted by Crippen LogP contribution is -2.11. The highest BCUT2D eigenvalue weighted by Gasteiger charge is 2.12. The molecule has 2 aromatic carbocycles. The Morgan fingerprint density at radius 1 is 0.857 bits per heavy atom. The summed E-state index contributed by atoms with van der Waals surface area (Å²) in [5, 5.41) is 2.30. The Labute approximate surface area is 176 Å². The molecule has 1 atom stereocenters. The van der Waals surface area contributed by atoms with Gasteiger partial charge in [0.15, 0.2) is 0 Å². The van der Waals surface area contributed by atoms with Gasteiger partial charge in [-0.3, -0.25) is 0 Å². The third-order valence-electron chi connectivity index (χ3n) is 5.40. The highest BCUT2D eigenvalue weighted by Crippen LogP contribution is 2.34. The second kappa shape index (κ2) is 12.9. The number of halogens is 1. The molecular weight excluding hydrogens is 368 g/mol. The van der Waals surface area contributed by atoms with E-state index in [4.69, 9.17) is 21.1 Å². The summed E-state index contributed by atoms with van der Waals surface area (Å²) in [5.41, 5.74) is 1.24. The Morgan fingerprint density at radius 2 is 1.61 bits per heavy atom. The Balaban J connectivity index is 2.06. The van der Waals surface area contributed by atoms with Gasteiger partial charge >= 0.3 is 0 Å². The van der Waals surface area contributed by atoms with E-state index in [9.17, 15) is 0 Å². The van der Waals surface area contributed by atoms with Crippen LogP contribution in [0.2, 0.25) is 0 Å². The molecule has 0 fully saturated rings. The van der Waals surface area contributed by atoms with Crippen LogP contribution < -0.4 is 9.47 Å². The van der Waals surface area contributed by atoms with Crippen LogP contribution in [0, 0.1) is 12.8 Å². The van der Waals surface area contributed by atoms with Gasteiger partial charge in [-0.1, -0.05) is 63.6 Å². The monoisotopic (exact) mass is 404 g/mol. The molecule has 2 nitrogen and oxygen atoms in total. The van der Waals surface area contributed by atoms with E-state index in [1.165, 1.54) is 44.1 Å². The molecule has 2 rings (SSSR count). The molecule has 0 saturated heterocycles. The highest BCUT2D eigenvalue weighted by molar-refractivity contribution is 6.17. The molecule has 28 heavy (non-hydrogen) atoms. The quantitative estimate of drug-likeness (QED) is 0.235. The van der Waals surface area contributed by atoms with Crippen molar-refractivity contribution in [2.75, 3.05) is 19.1 Å². The summed E-state index contributed by atoms with van der Waals surface area (Å²) in [5.74, 6) is 3.31. The first kappa shape index (κ1) is 22.9. The first-order valence-corrected chi connectivity index (χ1v) is 11.6. The van der Waals surface area contributed by atoms with Crippen LogP contribution in [0.15, 0.2) is 30.3 Å². The van der Waals surface area contributed by atoms with Crippen LogP contribution in [0.25, 0.3) is 10.8 Å². The minimum absolute atomic E-state index is 0.629. The van der Waals surface area contributed by atoms with E-state index in [1.54, 1.807) is 0 Å². The maximum Gasteiger partial charge on any atom is 0.127 e. The average molecular weight is 405 g/mol. The molecule has 0 saturated carbocycles. The van der Waals surface area contributed by atoms with Crippen molar-refractivity contribution in [2.45, 2.75) is 72.1 Å². The molecule has 0 heterocycles. The van der Waals surface area contributed by atoms with Crippen LogP contribution in [0.4, 0.5) is 0 Å². The normalized spacial score (nSPS) is 12.3. The van der Waals surface area contributed by atoms with Gasteiger partial charge in [0, 0.05) is 16.7 Å². The number of rotatable bonds is 14. The molecule has 1 unspecified atom stereocenters. The molecule has 0 N–H and O–H groups in total. The largest absolute Gasteiger partial charge is 0.493 e. The van der Waals surface area contributed by atoms with Gasteiger partial charge in [0.05, 0.1) is 13.2 Å². The zero-order valence-electron chi connectivity index (χ0n) is 17.9. The average Bonchev–Trinajstić information content (AvgIpc) is 2.71. The molecule has 0 aliphatic carbocycles. The maximum atomic E-state index is 6.27. The van der Waals surface area contributed by atoms with Crippen molar-refractivity contribution in [3.8, 4) is 11.5 Å². The fraction of sp³-hybridized carbons (Fsp3) is 0.600. The first-order chi connectivity index (χ1) is 13.7. The van der Waals surface area contributed by atoms with Crippen molar-refractivity contribution < 1.29 is 9.47 Å². The van der Waals surface area contributed by atoms with E-state index in [1.807, 2.05) is 0 Å². The third-order valence-corrected chi connectivity index (χ3v) is 5.66. The van der Waals surface area contributed by atoms with E-state index in [-0.39, 0.29) is 0 Å². The molecule has 0 bridgehead atoms. The summed E-state index contributed by atoms with van der Waals surface area (Å²) in [7, 11) is 0. The van der Waals surface area contributed by atoms with Crippen LogP contribution in [0.3, 0.4) is 0 Å².